The van der Waals surface area contributed by atoms with E-state index < -0.39 is 16.9 Å². The number of carbonyl (C=O) groups excluding carboxylic acids is 3. The quantitative estimate of drug-likeness (QED) is 0.311. The molecule has 2 saturated heterocycles. The minimum absolute atomic E-state index is 0.0749. The molecule has 4 aromatic rings. The highest BCUT2D eigenvalue weighted by atomic mass is 79.9. The molecule has 4 aromatic carbocycles. The summed E-state index contributed by atoms with van der Waals surface area (Å²) in [5.41, 5.74) is 0.764. The number of hydrogen-bond donors (Lipinski definition) is 1. The summed E-state index contributed by atoms with van der Waals surface area (Å²) in [5.74, 6) is -1.15. The highest BCUT2D eigenvalue weighted by Gasteiger charge is 2.80. The highest BCUT2D eigenvalue weighted by molar-refractivity contribution is 9.10. The number of rotatable bonds is 2. The summed E-state index contributed by atoms with van der Waals surface area (Å²) >= 11 is 3.48. The Hall–Kier alpha value is -3.61. The van der Waals surface area contributed by atoms with Crippen LogP contribution in [0.5, 0.6) is 0 Å². The molecule has 2 spiro atoms. The van der Waals surface area contributed by atoms with Crippen molar-refractivity contribution in [1.29, 1.82) is 0 Å². The molecule has 4 atom stereocenters. The average Bonchev–Trinajstić information content (AvgIpc) is 3.65. The zero-order valence-corrected chi connectivity index (χ0v) is 22.0. The third-order valence-electron chi connectivity index (χ3n) is 9.39. The Labute approximate surface area is 228 Å². The Morgan fingerprint density at radius 3 is 2.45 bits per heavy atom. The number of anilines is 1. The summed E-state index contributed by atoms with van der Waals surface area (Å²) in [5, 5.41) is 5.00. The Balaban J connectivity index is 1.51. The Bertz CT molecular complexity index is 1730. The smallest absolute Gasteiger partial charge is 0.238 e. The van der Waals surface area contributed by atoms with Crippen molar-refractivity contribution in [3.05, 3.63) is 112 Å². The number of para-hydroxylation sites is 1. The van der Waals surface area contributed by atoms with Crippen LogP contribution >= 0.6 is 15.9 Å². The monoisotopic (exact) mass is 562 g/mol. The van der Waals surface area contributed by atoms with E-state index in [0.717, 1.165) is 39.2 Å². The maximum Gasteiger partial charge on any atom is 0.238 e. The van der Waals surface area contributed by atoms with Crippen LogP contribution in [0.1, 0.15) is 44.7 Å². The van der Waals surface area contributed by atoms with E-state index in [1.54, 1.807) is 0 Å². The third kappa shape index (κ3) is 2.36. The molecule has 0 aromatic heterocycles. The van der Waals surface area contributed by atoms with E-state index in [4.69, 9.17) is 0 Å². The summed E-state index contributed by atoms with van der Waals surface area (Å²) in [4.78, 5) is 46.5. The van der Waals surface area contributed by atoms with Crippen LogP contribution in [0.15, 0.2) is 89.4 Å². The summed E-state index contributed by atoms with van der Waals surface area (Å²) in [6, 6.07) is 26.5. The van der Waals surface area contributed by atoms with E-state index in [0.29, 0.717) is 23.4 Å². The number of benzene rings is 4. The summed E-state index contributed by atoms with van der Waals surface area (Å²) < 4.78 is 0.881. The van der Waals surface area contributed by atoms with Crippen LogP contribution in [0, 0.1) is 5.92 Å². The predicted molar refractivity (Wildman–Crippen MR) is 148 cm³/mol. The van der Waals surface area contributed by atoms with Crippen LogP contribution in [-0.4, -0.2) is 35.0 Å². The fraction of sp³-hybridized carbons (Fsp3) is 0.219. The first-order valence-electron chi connectivity index (χ1n) is 13.1. The zero-order chi connectivity index (χ0) is 25.8. The first-order valence-corrected chi connectivity index (χ1v) is 13.8. The molecule has 5 nitrogen and oxygen atoms in total. The van der Waals surface area contributed by atoms with Gasteiger partial charge in [-0.1, -0.05) is 82.7 Å². The minimum atomic E-state index is -1.40. The van der Waals surface area contributed by atoms with E-state index in [2.05, 4.69) is 26.1 Å². The van der Waals surface area contributed by atoms with Crippen LogP contribution in [0.2, 0.25) is 0 Å². The van der Waals surface area contributed by atoms with Gasteiger partial charge in [-0.15, -0.1) is 0 Å². The molecular weight excluding hydrogens is 540 g/mol. The second-order valence-corrected chi connectivity index (χ2v) is 11.7. The molecule has 1 aliphatic carbocycles. The topological polar surface area (TPSA) is 66.5 Å². The predicted octanol–water partition coefficient (Wildman–Crippen LogP) is 5.86. The fourth-order valence-corrected chi connectivity index (χ4v) is 8.50. The minimum Gasteiger partial charge on any atom is -0.325 e. The fourth-order valence-electron chi connectivity index (χ4n) is 8.23. The van der Waals surface area contributed by atoms with Crippen LogP contribution < -0.4 is 5.32 Å². The van der Waals surface area contributed by atoms with Gasteiger partial charge in [-0.05, 0) is 59.5 Å². The van der Waals surface area contributed by atoms with Crippen LogP contribution in [0.3, 0.4) is 0 Å². The first-order chi connectivity index (χ1) is 18.5. The molecule has 0 unspecified atom stereocenters. The number of carbonyl (C=O) groups is 3. The van der Waals surface area contributed by atoms with Crippen molar-refractivity contribution in [3.8, 4) is 0 Å². The largest absolute Gasteiger partial charge is 0.325 e. The van der Waals surface area contributed by atoms with Crippen molar-refractivity contribution in [2.75, 3.05) is 11.9 Å². The van der Waals surface area contributed by atoms with Crippen LogP contribution in [-0.2, 0) is 15.7 Å². The van der Waals surface area contributed by atoms with Gasteiger partial charge in [0.25, 0.3) is 0 Å². The van der Waals surface area contributed by atoms with E-state index in [9.17, 15) is 14.4 Å². The van der Waals surface area contributed by atoms with Crippen molar-refractivity contribution in [2.24, 2.45) is 5.92 Å². The molecule has 3 aliphatic heterocycles. The van der Waals surface area contributed by atoms with Gasteiger partial charge < -0.3 is 5.32 Å². The average molecular weight is 563 g/mol. The van der Waals surface area contributed by atoms with Gasteiger partial charge in [-0.3, -0.25) is 19.3 Å². The van der Waals surface area contributed by atoms with Gasteiger partial charge in [0.15, 0.2) is 11.6 Å². The Kier molecular flexibility index (Phi) is 4.41. The molecule has 2 fully saturated rings. The lowest BCUT2D eigenvalue weighted by Crippen LogP contribution is -2.61. The number of halogens is 1. The summed E-state index contributed by atoms with van der Waals surface area (Å²) in [6.07, 6.45) is 1.63. The second-order valence-electron chi connectivity index (χ2n) is 10.8. The van der Waals surface area contributed by atoms with Crippen molar-refractivity contribution in [3.63, 3.8) is 0 Å². The van der Waals surface area contributed by atoms with Crippen molar-refractivity contribution >= 4 is 49.9 Å². The third-order valence-corrected chi connectivity index (χ3v) is 9.92. The van der Waals surface area contributed by atoms with Gasteiger partial charge in [0.1, 0.15) is 11.0 Å². The Morgan fingerprint density at radius 1 is 0.895 bits per heavy atom. The maximum absolute atomic E-state index is 15.0. The van der Waals surface area contributed by atoms with E-state index in [1.165, 1.54) is 0 Å². The van der Waals surface area contributed by atoms with Gasteiger partial charge in [0, 0.05) is 27.3 Å². The SMILES string of the molecule is O=C(c1ccc(Br)cc1)[C@@H]1[C@H]2CCCN2[C@]2(C(=O)c3cccc4cccc2c34)[C@@]12C(=O)Nc1ccccc12. The van der Waals surface area contributed by atoms with E-state index in [1.807, 2.05) is 84.9 Å². The maximum atomic E-state index is 15.0. The lowest BCUT2D eigenvalue weighted by atomic mass is 9.56. The van der Waals surface area contributed by atoms with Crippen molar-refractivity contribution in [1.82, 2.24) is 4.90 Å². The molecule has 0 saturated carbocycles. The molecule has 0 bridgehead atoms. The number of fused-ring (bicyclic) bond motifs is 6. The van der Waals surface area contributed by atoms with Crippen molar-refractivity contribution < 1.29 is 14.4 Å². The van der Waals surface area contributed by atoms with E-state index >= 15 is 0 Å². The number of ketones is 2. The van der Waals surface area contributed by atoms with E-state index in [-0.39, 0.29) is 23.5 Å². The summed E-state index contributed by atoms with van der Waals surface area (Å²) in [6.45, 7) is 0.655. The molecule has 1 amide bonds. The molecule has 186 valence electrons. The number of Topliss-reactive ketones (excluding diaryl/α,β-unsaturated/α-hetero) is 2. The number of nitrogens with one attached hydrogen (secondary N) is 1. The summed E-state index contributed by atoms with van der Waals surface area (Å²) in [7, 11) is 0. The van der Waals surface area contributed by atoms with Crippen LogP contribution in [0.4, 0.5) is 5.69 Å². The normalized spacial score (nSPS) is 28.9. The van der Waals surface area contributed by atoms with Gasteiger partial charge >= 0.3 is 0 Å². The standard InChI is InChI=1S/C32H23BrN2O3/c33-20-15-13-19(14-16-20)28(36)27-25-12-5-17-35(25)32(31(27)22-9-1-2-11-24(22)34-30(31)38)23-10-4-7-18-6-3-8-21(26(18)23)29(32)37/h1-4,6-11,13-16,25,27H,5,12,17H2,(H,34,38)/t25-,27+,31-,32-/m1/s1. The number of nitrogens with zero attached hydrogens (tertiary/aromatic N) is 1. The number of hydrogen-bond acceptors (Lipinski definition) is 4. The zero-order valence-electron chi connectivity index (χ0n) is 20.4. The Morgan fingerprint density at radius 2 is 1.63 bits per heavy atom. The molecule has 3 heterocycles. The van der Waals surface area contributed by atoms with Crippen molar-refractivity contribution in [2.45, 2.75) is 29.8 Å². The first kappa shape index (κ1) is 22.4. The molecular formula is C32H23BrN2O3. The highest BCUT2D eigenvalue weighted by Crippen LogP contribution is 2.68. The van der Waals surface area contributed by atoms with Gasteiger partial charge in [-0.2, -0.15) is 0 Å². The van der Waals surface area contributed by atoms with Crippen LogP contribution in [0.25, 0.3) is 10.8 Å². The lowest BCUT2D eigenvalue weighted by Gasteiger charge is -2.44. The van der Waals surface area contributed by atoms with Gasteiger partial charge in [0.2, 0.25) is 5.91 Å². The number of amides is 1. The van der Waals surface area contributed by atoms with Gasteiger partial charge in [0.05, 0.1) is 5.92 Å². The van der Waals surface area contributed by atoms with Gasteiger partial charge in [-0.25, -0.2) is 0 Å². The molecule has 0 radical (unpaired) electrons. The molecule has 8 rings (SSSR count). The molecule has 1 N–H and O–H groups in total. The molecule has 4 aliphatic rings. The molecule has 38 heavy (non-hydrogen) atoms. The molecule has 6 heteroatoms. The lowest BCUT2D eigenvalue weighted by molar-refractivity contribution is -0.124. The second kappa shape index (κ2) is 7.49.